The van der Waals surface area contributed by atoms with E-state index in [2.05, 4.69) is 15.3 Å². The van der Waals surface area contributed by atoms with Gasteiger partial charge in [0.2, 0.25) is 0 Å². The molecule has 0 saturated heterocycles. The van der Waals surface area contributed by atoms with Crippen molar-refractivity contribution in [2.75, 3.05) is 7.11 Å². The number of aryl methyl sites for hydroxylation is 1. The standard InChI is InChI=1S/C13H15N3O2S/c1-9-12(19-11(16-9)8-18-2)13(17)15-7-10-3-5-14-6-4-10/h3-6H,7-8H2,1-2H3,(H,15,17). The molecule has 5 nitrogen and oxygen atoms in total. The van der Waals surface area contributed by atoms with Gasteiger partial charge < -0.3 is 10.1 Å². The minimum Gasteiger partial charge on any atom is -0.378 e. The molecular formula is C13H15N3O2S. The number of ether oxygens (including phenoxy) is 1. The van der Waals surface area contributed by atoms with Crippen molar-refractivity contribution in [1.29, 1.82) is 0 Å². The largest absolute Gasteiger partial charge is 0.378 e. The predicted molar refractivity (Wildman–Crippen MR) is 73.0 cm³/mol. The van der Waals surface area contributed by atoms with Crippen LogP contribution in [0.3, 0.4) is 0 Å². The summed E-state index contributed by atoms with van der Waals surface area (Å²) >= 11 is 1.37. The summed E-state index contributed by atoms with van der Waals surface area (Å²) in [5.74, 6) is -0.103. The summed E-state index contributed by atoms with van der Waals surface area (Å²) in [6, 6.07) is 3.74. The molecule has 0 aromatic carbocycles. The first-order valence-electron chi connectivity index (χ1n) is 5.83. The van der Waals surface area contributed by atoms with Crippen LogP contribution in [-0.4, -0.2) is 23.0 Å². The molecule has 1 N–H and O–H groups in total. The molecule has 1 amide bonds. The number of methoxy groups -OCH3 is 1. The van der Waals surface area contributed by atoms with Crippen LogP contribution in [0.15, 0.2) is 24.5 Å². The molecular weight excluding hydrogens is 262 g/mol. The minimum absolute atomic E-state index is 0.103. The van der Waals surface area contributed by atoms with Gasteiger partial charge in [-0.25, -0.2) is 4.98 Å². The molecule has 0 saturated carbocycles. The molecule has 100 valence electrons. The first-order valence-corrected chi connectivity index (χ1v) is 6.64. The Kier molecular flexibility index (Phi) is 4.59. The third-order valence-corrected chi connectivity index (χ3v) is 3.65. The molecule has 0 aliphatic heterocycles. The van der Waals surface area contributed by atoms with E-state index in [4.69, 9.17) is 4.74 Å². The van der Waals surface area contributed by atoms with Gasteiger partial charge in [0.05, 0.1) is 12.3 Å². The van der Waals surface area contributed by atoms with E-state index in [-0.39, 0.29) is 5.91 Å². The Bertz CT molecular complexity index is 554. The van der Waals surface area contributed by atoms with Gasteiger partial charge >= 0.3 is 0 Å². The molecule has 2 rings (SSSR count). The molecule has 2 heterocycles. The number of nitrogens with zero attached hydrogens (tertiary/aromatic N) is 2. The van der Waals surface area contributed by atoms with Gasteiger partial charge in [0.15, 0.2) is 0 Å². The van der Waals surface area contributed by atoms with Crippen LogP contribution < -0.4 is 5.32 Å². The van der Waals surface area contributed by atoms with Gasteiger partial charge in [0.1, 0.15) is 9.88 Å². The molecule has 2 aromatic heterocycles. The number of nitrogens with one attached hydrogen (secondary N) is 1. The summed E-state index contributed by atoms with van der Waals surface area (Å²) in [4.78, 5) is 20.9. The van der Waals surface area contributed by atoms with Gasteiger partial charge in [0, 0.05) is 26.0 Å². The third-order valence-electron chi connectivity index (χ3n) is 2.52. The lowest BCUT2D eigenvalue weighted by Gasteiger charge is -2.03. The topological polar surface area (TPSA) is 64.1 Å². The van der Waals surface area contributed by atoms with E-state index in [0.29, 0.717) is 18.0 Å². The Morgan fingerprint density at radius 3 is 2.84 bits per heavy atom. The first kappa shape index (κ1) is 13.6. The number of pyridine rings is 1. The quantitative estimate of drug-likeness (QED) is 0.907. The van der Waals surface area contributed by atoms with Crippen molar-refractivity contribution in [3.8, 4) is 0 Å². The first-order chi connectivity index (χ1) is 9.20. The van der Waals surface area contributed by atoms with Crippen molar-refractivity contribution < 1.29 is 9.53 Å². The van der Waals surface area contributed by atoms with Crippen LogP contribution in [0.2, 0.25) is 0 Å². The fourth-order valence-corrected chi connectivity index (χ4v) is 2.56. The van der Waals surface area contributed by atoms with Crippen LogP contribution in [-0.2, 0) is 17.9 Å². The molecule has 2 aromatic rings. The van der Waals surface area contributed by atoms with Crippen molar-refractivity contribution in [3.05, 3.63) is 45.7 Å². The fourth-order valence-electron chi connectivity index (χ4n) is 1.61. The van der Waals surface area contributed by atoms with Crippen LogP contribution in [0, 0.1) is 6.92 Å². The Balaban J connectivity index is 2.00. The zero-order valence-corrected chi connectivity index (χ0v) is 11.7. The SMILES string of the molecule is COCc1nc(C)c(C(=O)NCc2ccncc2)s1. The van der Waals surface area contributed by atoms with E-state index in [1.54, 1.807) is 19.5 Å². The van der Waals surface area contributed by atoms with E-state index in [1.807, 2.05) is 19.1 Å². The third kappa shape index (κ3) is 3.59. The summed E-state index contributed by atoms with van der Waals surface area (Å²) < 4.78 is 5.01. The van der Waals surface area contributed by atoms with Crippen molar-refractivity contribution in [1.82, 2.24) is 15.3 Å². The van der Waals surface area contributed by atoms with Crippen LogP contribution in [0.5, 0.6) is 0 Å². The molecule has 0 spiro atoms. The zero-order chi connectivity index (χ0) is 13.7. The second kappa shape index (κ2) is 6.40. The number of rotatable bonds is 5. The lowest BCUT2D eigenvalue weighted by Crippen LogP contribution is -2.22. The average molecular weight is 277 g/mol. The van der Waals surface area contributed by atoms with E-state index in [9.17, 15) is 4.79 Å². The van der Waals surface area contributed by atoms with Crippen molar-refractivity contribution in [3.63, 3.8) is 0 Å². The second-order valence-electron chi connectivity index (χ2n) is 3.99. The highest BCUT2D eigenvalue weighted by Crippen LogP contribution is 2.18. The van der Waals surface area contributed by atoms with Gasteiger partial charge in [-0.2, -0.15) is 0 Å². The summed E-state index contributed by atoms with van der Waals surface area (Å²) in [5.41, 5.74) is 1.76. The van der Waals surface area contributed by atoms with Crippen molar-refractivity contribution in [2.24, 2.45) is 0 Å². The maximum absolute atomic E-state index is 12.1. The molecule has 0 fully saturated rings. The maximum Gasteiger partial charge on any atom is 0.263 e. The maximum atomic E-state index is 12.1. The summed E-state index contributed by atoms with van der Waals surface area (Å²) in [5, 5.41) is 3.69. The molecule has 0 aliphatic carbocycles. The fraction of sp³-hybridized carbons (Fsp3) is 0.308. The number of hydrogen-bond acceptors (Lipinski definition) is 5. The van der Waals surface area contributed by atoms with E-state index < -0.39 is 0 Å². The highest BCUT2D eigenvalue weighted by molar-refractivity contribution is 7.13. The van der Waals surface area contributed by atoms with Crippen LogP contribution in [0.1, 0.15) is 25.9 Å². The smallest absolute Gasteiger partial charge is 0.263 e. The number of carbonyl (C=O) groups is 1. The number of aromatic nitrogens is 2. The van der Waals surface area contributed by atoms with Gasteiger partial charge in [0.25, 0.3) is 5.91 Å². The lowest BCUT2D eigenvalue weighted by atomic mass is 10.2. The summed E-state index contributed by atoms with van der Waals surface area (Å²) in [6.07, 6.45) is 3.41. The molecule has 0 radical (unpaired) electrons. The van der Waals surface area contributed by atoms with Crippen LogP contribution in [0.4, 0.5) is 0 Å². The van der Waals surface area contributed by atoms with Crippen molar-refractivity contribution >= 4 is 17.2 Å². The van der Waals surface area contributed by atoms with Crippen molar-refractivity contribution in [2.45, 2.75) is 20.1 Å². The summed E-state index contributed by atoms with van der Waals surface area (Å²) in [7, 11) is 1.61. The zero-order valence-electron chi connectivity index (χ0n) is 10.8. The highest BCUT2D eigenvalue weighted by Gasteiger charge is 2.14. The second-order valence-corrected chi connectivity index (χ2v) is 5.08. The van der Waals surface area contributed by atoms with E-state index >= 15 is 0 Å². The highest BCUT2D eigenvalue weighted by atomic mass is 32.1. The summed E-state index contributed by atoms with van der Waals surface area (Å²) in [6.45, 7) is 2.75. The Morgan fingerprint density at radius 1 is 1.42 bits per heavy atom. The monoisotopic (exact) mass is 277 g/mol. The predicted octanol–water partition coefficient (Wildman–Crippen LogP) is 1.92. The molecule has 0 atom stereocenters. The van der Waals surface area contributed by atoms with E-state index in [0.717, 1.165) is 16.3 Å². The van der Waals surface area contributed by atoms with Crippen LogP contribution in [0.25, 0.3) is 0 Å². The Labute approximate surface area is 115 Å². The number of hydrogen-bond donors (Lipinski definition) is 1. The molecule has 0 bridgehead atoms. The van der Waals surface area contributed by atoms with E-state index in [1.165, 1.54) is 11.3 Å². The number of thiazole rings is 1. The Hall–Kier alpha value is -1.79. The molecule has 0 unspecified atom stereocenters. The number of amides is 1. The number of carbonyl (C=O) groups excluding carboxylic acids is 1. The lowest BCUT2D eigenvalue weighted by molar-refractivity contribution is 0.0954. The molecule has 19 heavy (non-hydrogen) atoms. The molecule has 0 aliphatic rings. The minimum atomic E-state index is -0.103. The van der Waals surface area contributed by atoms with Gasteiger partial charge in [-0.05, 0) is 24.6 Å². The average Bonchev–Trinajstić information content (AvgIpc) is 2.79. The normalized spacial score (nSPS) is 10.4. The molecule has 6 heteroatoms. The van der Waals surface area contributed by atoms with Crippen LogP contribution >= 0.6 is 11.3 Å². The van der Waals surface area contributed by atoms with Gasteiger partial charge in [-0.3, -0.25) is 9.78 Å². The van der Waals surface area contributed by atoms with Gasteiger partial charge in [-0.1, -0.05) is 0 Å². The Morgan fingerprint density at radius 2 is 2.16 bits per heavy atom. The van der Waals surface area contributed by atoms with Gasteiger partial charge in [-0.15, -0.1) is 11.3 Å².